The molecule has 2 aliphatic rings. The van der Waals surface area contributed by atoms with Crippen molar-refractivity contribution in [2.45, 2.75) is 13.5 Å². The molecule has 0 saturated heterocycles. The smallest absolute Gasteiger partial charge is 0.283 e. The van der Waals surface area contributed by atoms with Crippen LogP contribution in [0.1, 0.15) is 23.6 Å². The van der Waals surface area contributed by atoms with Crippen LogP contribution >= 0.6 is 23.4 Å². The lowest BCUT2D eigenvalue weighted by molar-refractivity contribution is -0.114. The highest BCUT2D eigenvalue weighted by Gasteiger charge is 2.36. The Bertz CT molecular complexity index is 1430. The molecule has 180 valence electrons. The number of ether oxygens (including phenoxy) is 2. The van der Waals surface area contributed by atoms with Crippen LogP contribution in [0.5, 0.6) is 11.5 Å². The monoisotopic (exact) mass is 515 g/mol. The highest BCUT2D eigenvalue weighted by Crippen LogP contribution is 2.38. The molecule has 0 bridgehead atoms. The maximum atomic E-state index is 12.8. The molecular weight excluding hydrogens is 494 g/mol. The van der Waals surface area contributed by atoms with E-state index in [1.165, 1.54) is 11.8 Å². The number of hydrogen-bond donors (Lipinski definition) is 1. The zero-order valence-corrected chi connectivity index (χ0v) is 21.0. The number of aliphatic imine (C=N–C) groups is 1. The fraction of sp³-hybridized carbons (Fsp3) is 0.107. The van der Waals surface area contributed by atoms with Crippen LogP contribution in [0, 0.1) is 5.41 Å². The number of thioether (sulfide) groups is 1. The number of amidine groups is 2. The van der Waals surface area contributed by atoms with E-state index in [0.29, 0.717) is 40.5 Å². The first-order valence-corrected chi connectivity index (χ1v) is 12.6. The molecule has 2 heterocycles. The van der Waals surface area contributed by atoms with Gasteiger partial charge < -0.3 is 9.47 Å². The summed E-state index contributed by atoms with van der Waals surface area (Å²) in [5, 5.41) is 11.9. The van der Waals surface area contributed by atoms with Crippen LogP contribution in [0.2, 0.25) is 5.02 Å². The standard InChI is InChI=1S/C28H22ClN3O3S/c1-2-34-25-15-18(12-13-24(25)35-16-20-10-6-7-11-22(20)29)14-21-26(30)32-23(19-8-4-3-5-9-19)17-36-28(32)31-27(21)33/h3-15,17,30H,2,16H2,1H3/b21-14+,30-26?. The van der Waals surface area contributed by atoms with Crippen molar-refractivity contribution in [3.63, 3.8) is 0 Å². The molecule has 6 nitrogen and oxygen atoms in total. The van der Waals surface area contributed by atoms with Gasteiger partial charge in [-0.15, -0.1) is 0 Å². The number of hydrogen-bond acceptors (Lipinski definition) is 5. The van der Waals surface area contributed by atoms with E-state index in [2.05, 4.69) is 4.99 Å². The van der Waals surface area contributed by atoms with Crippen molar-refractivity contribution in [3.8, 4) is 11.5 Å². The van der Waals surface area contributed by atoms with E-state index in [-0.39, 0.29) is 11.4 Å². The Hall–Kier alpha value is -3.81. The number of fused-ring (bicyclic) bond motifs is 1. The van der Waals surface area contributed by atoms with Gasteiger partial charge in [0.15, 0.2) is 16.7 Å². The van der Waals surface area contributed by atoms with Crippen LogP contribution in [0.15, 0.2) is 88.8 Å². The molecule has 0 unspecified atom stereocenters. The van der Waals surface area contributed by atoms with E-state index in [4.69, 9.17) is 26.5 Å². The van der Waals surface area contributed by atoms with E-state index in [1.54, 1.807) is 23.1 Å². The molecule has 8 heteroatoms. The summed E-state index contributed by atoms with van der Waals surface area (Å²) >= 11 is 7.59. The molecule has 0 aliphatic carbocycles. The molecule has 0 aromatic heterocycles. The minimum Gasteiger partial charge on any atom is -0.490 e. The second kappa shape index (κ2) is 10.4. The SMILES string of the molecule is CCOc1cc(/C=C2\C(=N)N3C(c4ccccc4)=CSC3=NC2=O)ccc1OCc1ccccc1Cl. The lowest BCUT2D eigenvalue weighted by atomic mass is 10.1. The van der Waals surface area contributed by atoms with Gasteiger partial charge in [0.1, 0.15) is 12.4 Å². The molecule has 0 fully saturated rings. The molecule has 3 aromatic carbocycles. The van der Waals surface area contributed by atoms with Crippen LogP contribution in [0.4, 0.5) is 0 Å². The third-order valence-corrected chi connectivity index (χ3v) is 6.80. The summed E-state index contributed by atoms with van der Waals surface area (Å²) in [6, 6.07) is 22.7. The van der Waals surface area contributed by atoms with E-state index in [0.717, 1.165) is 16.8 Å². The minimum absolute atomic E-state index is 0.0853. The van der Waals surface area contributed by atoms with E-state index >= 15 is 0 Å². The highest BCUT2D eigenvalue weighted by molar-refractivity contribution is 8.17. The van der Waals surface area contributed by atoms with Crippen molar-refractivity contribution in [2.75, 3.05) is 6.61 Å². The number of carbonyl (C=O) groups is 1. The predicted octanol–water partition coefficient (Wildman–Crippen LogP) is 6.62. The zero-order chi connectivity index (χ0) is 25.1. The van der Waals surface area contributed by atoms with Gasteiger partial charge in [-0.05, 0) is 42.3 Å². The largest absolute Gasteiger partial charge is 0.490 e. The molecule has 0 saturated carbocycles. The lowest BCUT2D eigenvalue weighted by Gasteiger charge is -2.27. The van der Waals surface area contributed by atoms with Gasteiger partial charge in [-0.25, -0.2) is 0 Å². The molecule has 5 rings (SSSR count). The van der Waals surface area contributed by atoms with Crippen LogP contribution in [0.25, 0.3) is 11.8 Å². The molecule has 0 spiro atoms. The van der Waals surface area contributed by atoms with Crippen molar-refractivity contribution in [1.29, 1.82) is 5.41 Å². The molecular formula is C28H22ClN3O3S. The van der Waals surface area contributed by atoms with Gasteiger partial charge in [0.2, 0.25) is 0 Å². The maximum Gasteiger partial charge on any atom is 0.283 e. The minimum atomic E-state index is -0.446. The molecule has 0 radical (unpaired) electrons. The van der Waals surface area contributed by atoms with Gasteiger partial charge in [0.25, 0.3) is 5.91 Å². The van der Waals surface area contributed by atoms with Crippen LogP contribution in [-0.4, -0.2) is 28.4 Å². The highest BCUT2D eigenvalue weighted by atomic mass is 35.5. The zero-order valence-electron chi connectivity index (χ0n) is 19.4. The number of rotatable bonds is 7. The van der Waals surface area contributed by atoms with Gasteiger partial charge in [-0.1, -0.05) is 78.0 Å². The van der Waals surface area contributed by atoms with Crippen molar-refractivity contribution < 1.29 is 14.3 Å². The lowest BCUT2D eigenvalue weighted by Crippen LogP contribution is -2.38. The van der Waals surface area contributed by atoms with Crippen molar-refractivity contribution in [1.82, 2.24) is 4.90 Å². The van der Waals surface area contributed by atoms with E-state index < -0.39 is 5.91 Å². The Morgan fingerprint density at radius 2 is 1.81 bits per heavy atom. The quantitative estimate of drug-likeness (QED) is 0.358. The summed E-state index contributed by atoms with van der Waals surface area (Å²) in [6.45, 7) is 2.63. The summed E-state index contributed by atoms with van der Waals surface area (Å²) in [5.41, 5.74) is 3.55. The van der Waals surface area contributed by atoms with Crippen molar-refractivity contribution in [2.24, 2.45) is 4.99 Å². The summed E-state index contributed by atoms with van der Waals surface area (Å²) in [7, 11) is 0. The summed E-state index contributed by atoms with van der Waals surface area (Å²) in [5.74, 6) is 0.745. The second-order valence-corrected chi connectivity index (χ2v) is 9.19. The summed E-state index contributed by atoms with van der Waals surface area (Å²) in [6.07, 6.45) is 1.66. The third-order valence-electron chi connectivity index (χ3n) is 5.60. The van der Waals surface area contributed by atoms with Gasteiger partial charge >= 0.3 is 0 Å². The number of amides is 1. The van der Waals surface area contributed by atoms with Crippen LogP contribution < -0.4 is 9.47 Å². The van der Waals surface area contributed by atoms with Crippen LogP contribution in [0.3, 0.4) is 0 Å². The van der Waals surface area contributed by atoms with E-state index in [1.807, 2.05) is 73.0 Å². The fourth-order valence-electron chi connectivity index (χ4n) is 3.85. The number of nitrogens with zero attached hydrogens (tertiary/aromatic N) is 2. The van der Waals surface area contributed by atoms with Gasteiger partial charge in [-0.2, -0.15) is 4.99 Å². The Morgan fingerprint density at radius 1 is 1.03 bits per heavy atom. The Balaban J connectivity index is 1.42. The molecule has 0 atom stereocenters. The number of benzene rings is 3. The summed E-state index contributed by atoms with van der Waals surface area (Å²) in [4.78, 5) is 18.8. The second-order valence-electron chi connectivity index (χ2n) is 7.95. The molecule has 1 N–H and O–H groups in total. The average molecular weight is 516 g/mol. The Morgan fingerprint density at radius 3 is 2.58 bits per heavy atom. The fourth-order valence-corrected chi connectivity index (χ4v) is 4.93. The molecule has 1 amide bonds. The predicted molar refractivity (Wildman–Crippen MR) is 145 cm³/mol. The van der Waals surface area contributed by atoms with Gasteiger partial charge in [0.05, 0.1) is 17.9 Å². The topological polar surface area (TPSA) is 75.0 Å². The molecule has 2 aliphatic heterocycles. The number of nitrogens with one attached hydrogen (secondary N) is 1. The molecule has 3 aromatic rings. The summed E-state index contributed by atoms with van der Waals surface area (Å²) < 4.78 is 11.8. The third kappa shape index (κ3) is 4.80. The number of carbonyl (C=O) groups excluding carboxylic acids is 1. The normalized spacial score (nSPS) is 16.1. The Labute approximate surface area is 218 Å². The van der Waals surface area contributed by atoms with Crippen molar-refractivity contribution in [3.05, 3.63) is 105 Å². The maximum absolute atomic E-state index is 12.8. The van der Waals surface area contributed by atoms with Crippen LogP contribution in [-0.2, 0) is 11.4 Å². The number of halogens is 1. The van der Waals surface area contributed by atoms with Crippen molar-refractivity contribution >= 4 is 52.0 Å². The molecule has 36 heavy (non-hydrogen) atoms. The van der Waals surface area contributed by atoms with Gasteiger partial charge in [-0.3, -0.25) is 15.1 Å². The van der Waals surface area contributed by atoms with E-state index in [9.17, 15) is 4.79 Å². The van der Waals surface area contributed by atoms with Gasteiger partial charge in [0, 0.05) is 16.0 Å². The first-order valence-electron chi connectivity index (χ1n) is 11.3. The average Bonchev–Trinajstić information content (AvgIpc) is 3.31. The first kappa shape index (κ1) is 23.9. The Kier molecular flexibility index (Phi) is 6.93. The first-order chi connectivity index (χ1) is 17.5.